The molecule has 0 aliphatic carbocycles. The van der Waals surface area contributed by atoms with Gasteiger partial charge in [-0.3, -0.25) is 116 Å². The minimum atomic E-state index is -2.01. The summed E-state index contributed by atoms with van der Waals surface area (Å²) >= 11 is 1.18. The number of hydrogen-bond donors (Lipinski definition) is 31. The molecule has 748 valence electrons. The molecule has 0 spiro atoms. The zero-order valence-corrected chi connectivity index (χ0v) is 77.2. The Hall–Kier alpha value is -12.7. The maximum Gasteiger partial charge on any atom is 0.326 e. The molecule has 1 aliphatic rings. The minimum Gasteiger partial charge on any atom is -0.481 e. The molecular formula is C76H129N27O27S3. The first kappa shape index (κ1) is 118. The van der Waals surface area contributed by atoms with Crippen molar-refractivity contribution < 1.29 is 131 Å². The summed E-state index contributed by atoms with van der Waals surface area (Å²) in [6.45, 7) is 5.79. The molecule has 54 nitrogen and oxygen atoms in total. The molecule has 1 saturated heterocycles. The summed E-state index contributed by atoms with van der Waals surface area (Å²) in [5.41, 5.74) is 32.9. The van der Waals surface area contributed by atoms with Gasteiger partial charge in [0.15, 0.2) is 11.9 Å². The van der Waals surface area contributed by atoms with Gasteiger partial charge in [0.05, 0.1) is 32.1 Å². The molecular weight excluding hydrogens is 1820 g/mol. The van der Waals surface area contributed by atoms with Crippen molar-refractivity contribution in [2.45, 2.75) is 248 Å². The lowest BCUT2D eigenvalue weighted by atomic mass is 9.97. The Labute approximate surface area is 777 Å². The molecule has 0 aromatic heterocycles. The number of aliphatic carboxylic acids is 4. The first-order valence-corrected chi connectivity index (χ1v) is 46.2. The van der Waals surface area contributed by atoms with Crippen molar-refractivity contribution in [3.63, 3.8) is 0 Å². The number of carbonyl (C=O) groups is 23. The van der Waals surface area contributed by atoms with Crippen molar-refractivity contribution in [3.05, 3.63) is 0 Å². The highest BCUT2D eigenvalue weighted by Gasteiger charge is 2.40. The van der Waals surface area contributed by atoms with E-state index in [-0.39, 0.29) is 89.1 Å². The molecule has 1 rings (SSSR count). The molecule has 0 radical (unpaired) electrons. The third kappa shape index (κ3) is 49.4. The van der Waals surface area contributed by atoms with Crippen LogP contribution in [0.15, 0.2) is 0 Å². The smallest absolute Gasteiger partial charge is 0.326 e. The first-order chi connectivity index (χ1) is 62.4. The predicted molar refractivity (Wildman–Crippen MR) is 479 cm³/mol. The number of carboxylic acids is 4. The van der Waals surface area contributed by atoms with Crippen molar-refractivity contribution in [1.29, 1.82) is 10.8 Å². The van der Waals surface area contributed by atoms with E-state index in [1.54, 1.807) is 13.2 Å². The number of hydrogen-bond acceptors (Lipinski definition) is 30. The summed E-state index contributed by atoms with van der Waals surface area (Å²) in [7, 11) is 1.35. The second-order valence-electron chi connectivity index (χ2n) is 31.0. The van der Waals surface area contributed by atoms with Crippen molar-refractivity contribution >= 4 is 181 Å². The molecule has 1 fully saturated rings. The van der Waals surface area contributed by atoms with Crippen molar-refractivity contribution in [2.24, 2.45) is 46.2 Å². The molecule has 1 heterocycles. The number of carboxylic acid groups (broad SMARTS) is 4. The van der Waals surface area contributed by atoms with Crippen LogP contribution in [-0.2, 0) is 110 Å². The van der Waals surface area contributed by atoms with Gasteiger partial charge in [0.25, 0.3) is 0 Å². The van der Waals surface area contributed by atoms with Crippen LogP contribution in [0, 0.1) is 22.7 Å². The number of nitrogens with one attached hydrogen (secondary N) is 21. The fourth-order valence-electron chi connectivity index (χ4n) is 12.0. The molecule has 0 unspecified atom stereocenters. The zero-order valence-electron chi connectivity index (χ0n) is 74.8. The number of unbranched alkanes of at least 4 members (excludes halogenated alkanes) is 1. The molecule has 0 saturated carbocycles. The number of rotatable bonds is 57. The van der Waals surface area contributed by atoms with Gasteiger partial charge in [-0.1, -0.05) is 55.7 Å². The molecule has 1 aliphatic heterocycles. The highest BCUT2D eigenvalue weighted by molar-refractivity contribution is 8.76. The Balaban J connectivity index is 4.09. The average molecular weight is 1950 g/mol. The largest absolute Gasteiger partial charge is 0.481 e. The lowest BCUT2D eigenvalue weighted by Gasteiger charge is -2.29. The van der Waals surface area contributed by atoms with Crippen LogP contribution in [-0.4, -0.2) is 322 Å². The fourth-order valence-corrected chi connectivity index (χ4v) is 14.8. The first-order valence-electron chi connectivity index (χ1n) is 42.3. The zero-order chi connectivity index (χ0) is 101. The van der Waals surface area contributed by atoms with Gasteiger partial charge in [0.1, 0.15) is 84.6 Å². The van der Waals surface area contributed by atoms with Crippen molar-refractivity contribution in [2.75, 3.05) is 62.8 Å². The third-order valence-corrected chi connectivity index (χ3v) is 22.6. The van der Waals surface area contributed by atoms with Crippen LogP contribution in [0.4, 0.5) is 0 Å². The Morgan fingerprint density at radius 3 is 1.43 bits per heavy atom. The van der Waals surface area contributed by atoms with E-state index in [0.717, 1.165) is 0 Å². The monoisotopic (exact) mass is 1950 g/mol. The molecule has 0 aromatic carbocycles. The normalized spacial score (nSPS) is 18.4. The van der Waals surface area contributed by atoms with E-state index in [1.807, 2.05) is 0 Å². The number of carbonyl (C=O) groups excluding carboxylic acids is 19. The highest BCUT2D eigenvalue weighted by atomic mass is 33.1. The number of guanidine groups is 2. The van der Waals surface area contributed by atoms with E-state index in [4.69, 9.17) is 45.2 Å². The lowest BCUT2D eigenvalue weighted by Crippen LogP contribution is -2.62. The van der Waals surface area contributed by atoms with Crippen molar-refractivity contribution in [3.8, 4) is 0 Å². The molecule has 37 N–H and O–H groups in total. The summed E-state index contributed by atoms with van der Waals surface area (Å²) in [5, 5.41) is 98.9. The van der Waals surface area contributed by atoms with Crippen LogP contribution in [0.2, 0.25) is 0 Å². The fraction of sp³-hybridized carbons (Fsp3) is 0.671. The SMILES string of the molecule is CC[C@H](C)[C@H](NC(=O)CNC(=O)[C@H](CCSC)NC(=O)[C@@H]1CSSC[C@H](NC(=O)[C@H](CCC(=O)O)NC(=O)CNC(=O)[C@H](C)NC(=O)[C@H](CCCCN)NC(=O)[C@H](CCC(N)=O)NC(=O)[C@H](C)N)C(=O)N[C@@H](CCCNC(=N)N)C(=O)N[C@@H](CCC(=O)O)C(=O)N[C@@H](CC(N)=O)C(=O)N[C@@H](C(C)C)C(=O)N1)C(=O)N[C@@H](CCC(=O)O)C(=O)NCC(=O)N[C@@H](CCCNC(=N)N)C(=O)O. The van der Waals surface area contributed by atoms with Gasteiger partial charge < -0.3 is 156 Å². The molecule has 0 aromatic rings. The maximum atomic E-state index is 15.0. The van der Waals surface area contributed by atoms with Crippen LogP contribution in [0.1, 0.15) is 157 Å². The second-order valence-corrected chi connectivity index (χ2v) is 34.6. The van der Waals surface area contributed by atoms with Crippen LogP contribution in [0.5, 0.6) is 0 Å². The number of primary amides is 2. The Morgan fingerprint density at radius 2 is 0.910 bits per heavy atom. The molecule has 57 heteroatoms. The van der Waals surface area contributed by atoms with Crippen molar-refractivity contribution in [1.82, 2.24) is 101 Å². The number of amides is 19. The van der Waals surface area contributed by atoms with Gasteiger partial charge in [0.2, 0.25) is 112 Å². The van der Waals surface area contributed by atoms with Crippen LogP contribution in [0.25, 0.3) is 0 Å². The molecule has 19 amide bonds. The number of thioether (sulfide) groups is 1. The summed E-state index contributed by atoms with van der Waals surface area (Å²) in [6.07, 6.45) is -4.62. The summed E-state index contributed by atoms with van der Waals surface area (Å²) in [6, 6.07) is -24.8. The summed E-state index contributed by atoms with van der Waals surface area (Å²) in [4.78, 5) is 311. The Morgan fingerprint density at radius 1 is 0.451 bits per heavy atom. The van der Waals surface area contributed by atoms with E-state index < -0.39 is 327 Å². The van der Waals surface area contributed by atoms with Gasteiger partial charge in [-0.05, 0) is 121 Å². The second kappa shape index (κ2) is 63.4. The lowest BCUT2D eigenvalue weighted by molar-refractivity contribution is -0.142. The van der Waals surface area contributed by atoms with E-state index >= 15 is 0 Å². The molecule has 133 heavy (non-hydrogen) atoms. The van der Waals surface area contributed by atoms with E-state index in [2.05, 4.69) is 101 Å². The van der Waals surface area contributed by atoms with Crippen LogP contribution in [0.3, 0.4) is 0 Å². The van der Waals surface area contributed by atoms with Crippen LogP contribution < -0.4 is 135 Å². The summed E-state index contributed by atoms with van der Waals surface area (Å²) in [5.74, 6) is -30.6. The van der Waals surface area contributed by atoms with Gasteiger partial charge in [-0.2, -0.15) is 11.8 Å². The average Bonchev–Trinajstić information content (AvgIpc) is 0.842. The summed E-state index contributed by atoms with van der Waals surface area (Å²) < 4.78 is 0. The maximum absolute atomic E-state index is 15.0. The van der Waals surface area contributed by atoms with E-state index in [1.165, 1.54) is 46.4 Å². The topological polar surface area (TPSA) is 906 Å². The molecule has 0 bridgehead atoms. The van der Waals surface area contributed by atoms with E-state index in [9.17, 15) is 131 Å². The quantitative estimate of drug-likeness (QED) is 0.0116. The Bertz CT molecular complexity index is 4080. The highest BCUT2D eigenvalue weighted by Crippen LogP contribution is 2.25. The third-order valence-electron chi connectivity index (χ3n) is 19.6. The van der Waals surface area contributed by atoms with E-state index in [0.29, 0.717) is 28.0 Å². The predicted octanol–water partition coefficient (Wildman–Crippen LogP) is -11.2. The molecule has 16 atom stereocenters. The number of nitrogens with two attached hydrogens (primary N) is 6. The van der Waals surface area contributed by atoms with Gasteiger partial charge >= 0.3 is 23.9 Å². The van der Waals surface area contributed by atoms with Crippen LogP contribution >= 0.6 is 33.3 Å². The minimum absolute atomic E-state index is 0.0692. The van der Waals surface area contributed by atoms with Gasteiger partial charge in [-0.15, -0.1) is 0 Å². The standard InChI is InChI=1S/C76H129N27O27S3/c1-8-36(4)59(73(128)98-41(17-21-55(109)110)62(117)88-31-53(107)92-46(74(129)130)15-12-27-86-76(83)84)102-54(108)32-89-63(118)45(24-28-131-7)97-71(126)49-34-133-132-33-48(70(125)95-40(14-11-26-85-75(81)82)65(120)96-44(19-23-57(113)114)68(123)99-47(29-51(80)105)69(124)103-58(35(2)3)72(127)101-49)100-66(121)42(18-22-56(111)112)91-52(106)30-87-61(116)38(6)90-64(119)39(13-9-10-25-77)94-67(122)43(16-20-50(79)104)93-60(115)37(5)78/h35-49,58-59H,8-34,77-78H2,1-7H3,(H2,79,104)(H2,80,105)(H,87,116)(H,88,117)(H,89,118)(H,90,119)(H,91,106)(H,92,107)(H,93,115)(H,94,122)(H,95,125)(H,96,120)(H,97,126)(H,98,128)(H,99,123)(H,100,121)(H,101,127)(H,102,108)(H,103,124)(H,109,110)(H,111,112)(H,113,114)(H,129,130)(H4,81,82,85)(H4,83,84,86)/t36-,37-,38-,39-,40-,41-,42-,43-,44-,45-,46-,47-,48-,49-,58-,59-/m0/s1. The van der Waals surface area contributed by atoms with Gasteiger partial charge in [-0.25, -0.2) is 4.79 Å². The Kier molecular flexibility index (Phi) is 56.4. The van der Waals surface area contributed by atoms with Gasteiger partial charge in [0, 0.05) is 50.3 Å².